The van der Waals surface area contributed by atoms with Gasteiger partial charge >= 0.3 is 23.9 Å². The topological polar surface area (TPSA) is 375 Å². The van der Waals surface area contributed by atoms with Gasteiger partial charge in [0.1, 0.15) is 11.2 Å². The van der Waals surface area contributed by atoms with Crippen LogP contribution in [0, 0.1) is 0 Å². The smallest absolute Gasteiger partial charge is 0.379 e. The number of hydrogen-bond acceptors (Lipinski definition) is 22. The van der Waals surface area contributed by atoms with E-state index >= 15 is 0 Å². The van der Waals surface area contributed by atoms with Crippen LogP contribution in [0.4, 0.5) is 0 Å². The molecule has 0 aromatic heterocycles. The maximum Gasteiger partial charge on any atom is 0.379 e. The van der Waals surface area contributed by atoms with E-state index in [0.29, 0.717) is 66.4 Å². The molecule has 2 amide bonds. The number of benzene rings is 6. The fourth-order valence-corrected chi connectivity index (χ4v) is 12.0. The Kier molecular flexibility index (Phi) is 44.0. The summed E-state index contributed by atoms with van der Waals surface area (Å²) in [6, 6.07) is 40.8. The molecule has 0 saturated heterocycles. The number of ketones is 10. The lowest BCUT2D eigenvalue weighted by atomic mass is 9.79. The number of Topliss-reactive ketones (excluding diaryl/α,β-unsaturated/α-hetero) is 8. The van der Waals surface area contributed by atoms with Crippen molar-refractivity contribution >= 4 is 93.5 Å². The number of esters is 4. The molecular formula is C103H128N2O22. The molecule has 0 saturated carbocycles. The predicted molar refractivity (Wildman–Crippen MR) is 492 cm³/mol. The van der Waals surface area contributed by atoms with Crippen LogP contribution in [-0.4, -0.2) is 153 Å². The maximum absolute atomic E-state index is 12.0. The first kappa shape index (κ1) is 112. The number of ether oxygens (including phenoxy) is 4. The van der Waals surface area contributed by atoms with Crippen molar-refractivity contribution in [1.82, 2.24) is 10.6 Å². The predicted octanol–water partition coefficient (Wildman–Crippen LogP) is 16.3. The van der Waals surface area contributed by atoms with E-state index in [4.69, 9.17) is 4.74 Å². The Morgan fingerprint density at radius 3 is 0.780 bits per heavy atom. The summed E-state index contributed by atoms with van der Waals surface area (Å²) >= 11 is 0. The van der Waals surface area contributed by atoms with Crippen molar-refractivity contribution in [1.29, 1.82) is 0 Å². The molecule has 24 heteroatoms. The quantitative estimate of drug-likeness (QED) is 0.00919. The fraction of sp³-hybridized carbons (Fsp3) is 0.379. The minimum absolute atomic E-state index is 0.00899. The summed E-state index contributed by atoms with van der Waals surface area (Å²) < 4.78 is 18.2. The molecule has 0 unspecified atom stereocenters. The molecule has 0 radical (unpaired) electrons. The van der Waals surface area contributed by atoms with E-state index in [9.17, 15) is 86.9 Å². The Morgan fingerprint density at radius 2 is 0.567 bits per heavy atom. The third-order valence-electron chi connectivity index (χ3n) is 19.5. The SMILES string of the molecule is C=C(C)C(=O)CC(C)(C)c1ccc(C(=O)C(=O)OC)cc1.C=C(C)C(=O)CC(C)(C)c1ccc(C(=O)C(=O)OCC)cc1.C=C(C)C(=O)NC(C)(C)Cc1ccc(C(=O)C(C)(C)O)cc1.C=CC(=O)CC(C)(C)c1ccc(C(=O)C(=O)OC)cc1.C=CC(=O)CC(C)(C)c1ccc(C(=O)C(=O)OCC)cc1.C=CC(=O)NC(C)(C)Cc1ccc(C(=O)C(C)(C)O)cc1. The van der Waals surface area contributed by atoms with E-state index < -0.39 is 69.3 Å². The third-order valence-corrected chi connectivity index (χ3v) is 19.5. The average molecular weight is 1750 g/mol. The van der Waals surface area contributed by atoms with E-state index in [1.54, 1.807) is 156 Å². The van der Waals surface area contributed by atoms with Crippen LogP contribution >= 0.6 is 0 Å². The van der Waals surface area contributed by atoms with Gasteiger partial charge < -0.3 is 39.8 Å². The van der Waals surface area contributed by atoms with Gasteiger partial charge in [0, 0.05) is 75.7 Å². The standard InChI is InChI=1S/C18H25NO3.C18H22O4.C17H23NO3.2C17H20O4.C16H18O4/c1-12(2)16(21)19-17(3,4)11-13-7-9-14(10-8-13)15(20)18(5,6)22;1-6-22-17(21)16(20)13-7-9-14(10-8-13)18(4,5)11-15(19)12(2)3;1-6-14(19)18-16(2,3)11-12-7-9-13(10-8-12)15(20)17(4,5)21;1-11(2)14(18)10-17(3,4)13-8-6-12(7-9-13)15(19)16(20)21-5;1-5-14(18)11-17(3,4)13-9-7-12(8-10-13)15(19)16(20)21-6-2;1-5-13(17)10-16(2,3)12-8-6-11(7-9-12)14(18)15(19)20-4/h7-10,22H,1,11H2,2-6H3,(H,19,21);7-10H,2,6,11H2,1,3-5H3;6-10,21H,1,11H2,2-5H3,(H,18,19);6-9H,1,10H2,2-5H3;5,7-10H,1,6,11H2,2-4H3;5-9H,1,10H2,2-4H3. The molecule has 0 spiro atoms. The van der Waals surface area contributed by atoms with Gasteiger partial charge in [-0.2, -0.15) is 0 Å². The minimum Gasteiger partial charge on any atom is -0.463 e. The highest BCUT2D eigenvalue weighted by Gasteiger charge is 2.33. The molecule has 0 heterocycles. The molecule has 0 fully saturated rings. The highest BCUT2D eigenvalue weighted by atomic mass is 16.5. The van der Waals surface area contributed by atoms with Crippen LogP contribution in [0.3, 0.4) is 0 Å². The molecule has 0 atom stereocenters. The molecule has 0 aliphatic heterocycles. The minimum atomic E-state index is -1.38. The lowest BCUT2D eigenvalue weighted by molar-refractivity contribution is -0.138. The summed E-state index contributed by atoms with van der Waals surface area (Å²) in [7, 11) is 2.33. The molecule has 682 valence electrons. The van der Waals surface area contributed by atoms with Crippen LogP contribution < -0.4 is 10.6 Å². The number of methoxy groups -OCH3 is 2. The first-order valence-corrected chi connectivity index (χ1v) is 40.9. The number of hydrogen-bond donors (Lipinski definition) is 4. The summed E-state index contributed by atoms with van der Waals surface area (Å²) in [5, 5.41) is 25.2. The molecule has 0 aliphatic rings. The summed E-state index contributed by atoms with van der Waals surface area (Å²) in [6.07, 6.45) is 6.46. The van der Waals surface area contributed by atoms with Crippen molar-refractivity contribution in [3.05, 3.63) is 287 Å². The Bertz CT molecular complexity index is 5010. The van der Waals surface area contributed by atoms with Gasteiger partial charge in [0.05, 0.1) is 27.4 Å². The van der Waals surface area contributed by atoms with Gasteiger partial charge in [-0.15, -0.1) is 0 Å². The van der Waals surface area contributed by atoms with Crippen LogP contribution in [0.15, 0.2) is 220 Å². The summed E-state index contributed by atoms with van der Waals surface area (Å²) in [5.74, 6) is -7.24. The summed E-state index contributed by atoms with van der Waals surface area (Å²) in [5.41, 5.74) is 4.18. The molecular weight excluding hydrogens is 1620 g/mol. The second-order valence-electron chi connectivity index (χ2n) is 35.3. The van der Waals surface area contributed by atoms with Crippen molar-refractivity contribution < 1.29 is 106 Å². The number of rotatable bonds is 38. The normalized spacial score (nSPS) is 11.2. The van der Waals surface area contributed by atoms with E-state index in [0.717, 1.165) is 33.4 Å². The second kappa shape index (κ2) is 49.8. The Hall–Kier alpha value is -12.8. The first-order chi connectivity index (χ1) is 58.5. The second-order valence-corrected chi connectivity index (χ2v) is 35.3. The van der Waals surface area contributed by atoms with Gasteiger partial charge in [0.15, 0.2) is 34.7 Å². The molecule has 0 aliphatic carbocycles. The molecule has 4 N–H and O–H groups in total. The Labute approximate surface area is 748 Å². The van der Waals surface area contributed by atoms with Crippen molar-refractivity contribution in [2.45, 2.75) is 228 Å². The zero-order valence-electron chi connectivity index (χ0n) is 78.0. The van der Waals surface area contributed by atoms with Gasteiger partial charge in [-0.05, 0) is 187 Å². The van der Waals surface area contributed by atoms with E-state index in [1.807, 2.05) is 107 Å². The van der Waals surface area contributed by atoms with Crippen LogP contribution in [0.1, 0.15) is 267 Å². The molecule has 24 nitrogen and oxygen atoms in total. The largest absolute Gasteiger partial charge is 0.463 e. The molecule has 0 bridgehead atoms. The zero-order chi connectivity index (χ0) is 97.9. The zero-order valence-corrected chi connectivity index (χ0v) is 78.0. The Morgan fingerprint density at radius 1 is 0.331 bits per heavy atom. The third kappa shape index (κ3) is 38.3. The highest BCUT2D eigenvalue weighted by molar-refractivity contribution is 6.42. The summed E-state index contributed by atoms with van der Waals surface area (Å²) in [4.78, 5) is 186. The number of nitrogens with one attached hydrogen (secondary N) is 2. The summed E-state index contributed by atoms with van der Waals surface area (Å²) in [6.45, 7) is 59.1. The van der Waals surface area contributed by atoms with Gasteiger partial charge in [-0.1, -0.05) is 240 Å². The van der Waals surface area contributed by atoms with Crippen LogP contribution in [0.25, 0.3) is 0 Å². The van der Waals surface area contributed by atoms with Crippen LogP contribution in [0.2, 0.25) is 0 Å². The lowest BCUT2D eigenvalue weighted by Gasteiger charge is -2.26. The van der Waals surface area contributed by atoms with E-state index in [1.165, 1.54) is 60.1 Å². The maximum atomic E-state index is 12.0. The van der Waals surface area contributed by atoms with Crippen molar-refractivity contribution in [2.24, 2.45) is 0 Å². The lowest BCUT2D eigenvalue weighted by Crippen LogP contribution is -2.45. The molecule has 6 rings (SSSR count). The monoisotopic (exact) mass is 1740 g/mol. The van der Waals surface area contributed by atoms with Gasteiger partial charge in [-0.25, -0.2) is 19.2 Å². The Balaban J connectivity index is 0.000000762. The molecule has 127 heavy (non-hydrogen) atoms. The number of carbonyl (C=O) groups excluding carboxylic acids is 16. The van der Waals surface area contributed by atoms with Crippen molar-refractivity contribution in [3.63, 3.8) is 0 Å². The number of aliphatic hydroxyl groups is 2. The van der Waals surface area contributed by atoms with Gasteiger partial charge in [0.25, 0.3) is 23.1 Å². The van der Waals surface area contributed by atoms with Gasteiger partial charge in [-0.3, -0.25) is 57.5 Å². The average Bonchev–Trinajstić information content (AvgIpc) is 0.847. The molecule has 6 aromatic rings. The van der Waals surface area contributed by atoms with Crippen LogP contribution in [-0.2, 0) is 101 Å². The van der Waals surface area contributed by atoms with Crippen molar-refractivity contribution in [3.8, 4) is 0 Å². The highest BCUT2D eigenvalue weighted by Crippen LogP contribution is 2.33. The van der Waals surface area contributed by atoms with E-state index in [2.05, 4.69) is 64.3 Å². The first-order valence-electron chi connectivity index (χ1n) is 40.9. The molecule has 6 aromatic carbocycles. The fourth-order valence-electron chi connectivity index (χ4n) is 12.0. The number of amides is 2. The van der Waals surface area contributed by atoms with Crippen molar-refractivity contribution in [2.75, 3.05) is 27.4 Å². The number of carbonyl (C=O) groups is 16. The van der Waals surface area contributed by atoms with E-state index in [-0.39, 0.29) is 104 Å². The number of allylic oxidation sites excluding steroid dienone is 4. The van der Waals surface area contributed by atoms with Crippen LogP contribution in [0.5, 0.6) is 0 Å². The van der Waals surface area contributed by atoms with Gasteiger partial charge in [0.2, 0.25) is 11.8 Å².